The summed E-state index contributed by atoms with van der Waals surface area (Å²) in [5.41, 5.74) is 2.03. The van der Waals surface area contributed by atoms with Crippen molar-refractivity contribution < 1.29 is 29.1 Å². The van der Waals surface area contributed by atoms with Gasteiger partial charge in [0.2, 0.25) is 0 Å². The van der Waals surface area contributed by atoms with Crippen molar-refractivity contribution in [3.63, 3.8) is 0 Å². The Kier molecular flexibility index (Phi) is 8.38. The second-order valence-electron chi connectivity index (χ2n) is 5.09. The Labute approximate surface area is 148 Å². The summed E-state index contributed by atoms with van der Waals surface area (Å²) >= 11 is 0. The van der Waals surface area contributed by atoms with Crippen LogP contribution in [0.15, 0.2) is 48.5 Å². The minimum atomic E-state index is -1.82. The lowest BCUT2D eigenvalue weighted by Gasteiger charge is -2.05. The Morgan fingerprint density at radius 1 is 1.04 bits per heavy atom. The number of hydrogen-bond acceptors (Lipinski definition) is 5. The molecule has 0 aliphatic carbocycles. The molecule has 26 heavy (non-hydrogen) atoms. The summed E-state index contributed by atoms with van der Waals surface area (Å²) in [4.78, 5) is 28.4. The van der Waals surface area contributed by atoms with E-state index in [9.17, 15) is 14.5 Å². The minimum absolute atomic E-state index is 0.0998. The van der Waals surface area contributed by atoms with Crippen LogP contribution in [-0.4, -0.2) is 33.6 Å². The minimum Gasteiger partial charge on any atom is -0.473 e. The summed E-state index contributed by atoms with van der Waals surface area (Å²) in [7, 11) is 0. The predicted molar refractivity (Wildman–Crippen MR) is 90.2 cm³/mol. The van der Waals surface area contributed by atoms with Crippen LogP contribution in [-0.2, 0) is 22.6 Å². The van der Waals surface area contributed by atoms with E-state index in [0.29, 0.717) is 6.54 Å². The first-order valence-corrected chi connectivity index (χ1v) is 7.44. The Bertz CT molecular complexity index is 752. The van der Waals surface area contributed by atoms with Crippen LogP contribution in [0.1, 0.15) is 11.1 Å². The number of nitro groups is 1. The average Bonchev–Trinajstić information content (AvgIpc) is 2.61. The zero-order valence-electron chi connectivity index (χ0n) is 13.6. The van der Waals surface area contributed by atoms with Crippen LogP contribution in [0.2, 0.25) is 0 Å². The van der Waals surface area contributed by atoms with Gasteiger partial charge in [0, 0.05) is 18.7 Å². The predicted octanol–water partition coefficient (Wildman–Crippen LogP) is 2.22. The molecule has 2 aromatic rings. The van der Waals surface area contributed by atoms with Crippen molar-refractivity contribution in [1.82, 2.24) is 5.32 Å². The van der Waals surface area contributed by atoms with Gasteiger partial charge in [0.15, 0.2) is 0 Å². The lowest BCUT2D eigenvalue weighted by molar-refractivity contribution is -0.384. The summed E-state index contributed by atoms with van der Waals surface area (Å²) in [6, 6.07) is 12.9. The standard InChI is InChI=1S/C15H15FN2O2.C2H2O4/c16-14-6-4-12(5-7-14)8-9-17-11-13-2-1-3-15(10-13)18(19)20;3-1(4)2(5)6/h1-7,10,17H,8-9,11H2;(H,3,4)(H,5,6). The van der Waals surface area contributed by atoms with E-state index < -0.39 is 16.9 Å². The largest absolute Gasteiger partial charge is 0.473 e. The van der Waals surface area contributed by atoms with Gasteiger partial charge >= 0.3 is 11.9 Å². The molecule has 8 nitrogen and oxygen atoms in total. The highest BCUT2D eigenvalue weighted by atomic mass is 19.1. The fraction of sp³-hybridized carbons (Fsp3) is 0.176. The van der Waals surface area contributed by atoms with Crippen LogP contribution in [0, 0.1) is 15.9 Å². The van der Waals surface area contributed by atoms with Crippen molar-refractivity contribution in [2.45, 2.75) is 13.0 Å². The quantitative estimate of drug-likeness (QED) is 0.310. The molecule has 0 fully saturated rings. The van der Waals surface area contributed by atoms with E-state index in [1.807, 2.05) is 6.07 Å². The van der Waals surface area contributed by atoms with Gasteiger partial charge in [0.05, 0.1) is 4.92 Å². The van der Waals surface area contributed by atoms with Crippen molar-refractivity contribution >= 4 is 17.6 Å². The number of carboxylic acids is 2. The van der Waals surface area contributed by atoms with Crippen molar-refractivity contribution in [3.05, 3.63) is 75.6 Å². The Hall–Kier alpha value is -3.33. The molecule has 0 saturated carbocycles. The molecule has 0 saturated heterocycles. The molecule has 3 N–H and O–H groups in total. The zero-order chi connectivity index (χ0) is 19.5. The van der Waals surface area contributed by atoms with Gasteiger partial charge in [-0.15, -0.1) is 0 Å². The van der Waals surface area contributed by atoms with E-state index in [0.717, 1.165) is 24.1 Å². The number of nitrogens with one attached hydrogen (secondary N) is 1. The molecule has 0 aliphatic heterocycles. The highest BCUT2D eigenvalue weighted by Crippen LogP contribution is 2.12. The Morgan fingerprint density at radius 3 is 2.19 bits per heavy atom. The second kappa shape index (κ2) is 10.5. The summed E-state index contributed by atoms with van der Waals surface area (Å²) in [5.74, 6) is -3.89. The van der Waals surface area contributed by atoms with E-state index in [4.69, 9.17) is 19.8 Å². The summed E-state index contributed by atoms with van der Waals surface area (Å²) in [5, 5.41) is 28.6. The van der Waals surface area contributed by atoms with Crippen LogP contribution in [0.25, 0.3) is 0 Å². The van der Waals surface area contributed by atoms with Crippen LogP contribution in [0.5, 0.6) is 0 Å². The molecule has 138 valence electrons. The molecular formula is C17H17FN2O6. The maximum atomic E-state index is 12.7. The number of benzene rings is 2. The van der Waals surface area contributed by atoms with Crippen LogP contribution in [0.3, 0.4) is 0 Å². The highest BCUT2D eigenvalue weighted by molar-refractivity contribution is 6.27. The van der Waals surface area contributed by atoms with E-state index >= 15 is 0 Å². The fourth-order valence-corrected chi connectivity index (χ4v) is 1.90. The topological polar surface area (TPSA) is 130 Å². The summed E-state index contributed by atoms with van der Waals surface area (Å²) < 4.78 is 12.7. The number of aliphatic carboxylic acids is 2. The maximum Gasteiger partial charge on any atom is 0.414 e. The molecule has 0 unspecified atom stereocenters. The number of rotatable bonds is 6. The SMILES string of the molecule is O=C(O)C(=O)O.O=[N+]([O-])c1cccc(CNCCc2ccc(F)cc2)c1. The average molecular weight is 364 g/mol. The Balaban J connectivity index is 0.000000487. The van der Waals surface area contributed by atoms with E-state index in [2.05, 4.69) is 5.32 Å². The summed E-state index contributed by atoms with van der Waals surface area (Å²) in [6.07, 6.45) is 0.787. The molecule has 0 amide bonds. The van der Waals surface area contributed by atoms with Gasteiger partial charge in [-0.3, -0.25) is 10.1 Å². The zero-order valence-corrected chi connectivity index (χ0v) is 13.6. The van der Waals surface area contributed by atoms with Crippen molar-refractivity contribution in [3.8, 4) is 0 Å². The molecule has 2 aromatic carbocycles. The van der Waals surface area contributed by atoms with Crippen LogP contribution in [0.4, 0.5) is 10.1 Å². The van der Waals surface area contributed by atoms with E-state index in [-0.39, 0.29) is 11.5 Å². The number of nitro benzene ring substituents is 1. The van der Waals surface area contributed by atoms with Crippen LogP contribution >= 0.6 is 0 Å². The lowest BCUT2D eigenvalue weighted by atomic mass is 10.1. The third kappa shape index (κ3) is 7.97. The summed E-state index contributed by atoms with van der Waals surface area (Å²) in [6.45, 7) is 1.30. The van der Waals surface area contributed by atoms with E-state index in [1.165, 1.54) is 18.2 Å². The highest BCUT2D eigenvalue weighted by Gasteiger charge is 2.05. The molecular weight excluding hydrogens is 347 g/mol. The molecule has 9 heteroatoms. The molecule has 2 rings (SSSR count). The normalized spacial score (nSPS) is 9.73. The maximum absolute atomic E-state index is 12.7. The molecule has 0 radical (unpaired) electrons. The third-order valence-corrected chi connectivity index (χ3v) is 3.14. The van der Waals surface area contributed by atoms with Gasteiger partial charge in [-0.2, -0.15) is 0 Å². The van der Waals surface area contributed by atoms with Gasteiger partial charge < -0.3 is 15.5 Å². The van der Waals surface area contributed by atoms with E-state index in [1.54, 1.807) is 24.3 Å². The van der Waals surface area contributed by atoms with Crippen molar-refractivity contribution in [1.29, 1.82) is 0 Å². The fourth-order valence-electron chi connectivity index (χ4n) is 1.90. The number of carboxylic acid groups (broad SMARTS) is 2. The van der Waals surface area contributed by atoms with Gasteiger partial charge in [0.1, 0.15) is 5.82 Å². The second-order valence-corrected chi connectivity index (χ2v) is 5.09. The monoisotopic (exact) mass is 364 g/mol. The number of non-ortho nitro benzene ring substituents is 1. The smallest absolute Gasteiger partial charge is 0.414 e. The lowest BCUT2D eigenvalue weighted by Crippen LogP contribution is -2.16. The third-order valence-electron chi connectivity index (χ3n) is 3.14. The molecule has 0 spiro atoms. The molecule has 0 atom stereocenters. The van der Waals surface area contributed by atoms with Gasteiger partial charge in [-0.1, -0.05) is 24.3 Å². The van der Waals surface area contributed by atoms with Crippen molar-refractivity contribution in [2.75, 3.05) is 6.54 Å². The Morgan fingerprint density at radius 2 is 1.65 bits per heavy atom. The van der Waals surface area contributed by atoms with Gasteiger partial charge in [0.25, 0.3) is 5.69 Å². The van der Waals surface area contributed by atoms with Crippen LogP contribution < -0.4 is 5.32 Å². The number of nitrogens with zero attached hydrogens (tertiary/aromatic N) is 1. The van der Waals surface area contributed by atoms with Crippen molar-refractivity contribution in [2.24, 2.45) is 0 Å². The molecule has 0 heterocycles. The molecule has 0 aromatic heterocycles. The number of halogens is 1. The molecule has 0 aliphatic rings. The molecule has 0 bridgehead atoms. The first kappa shape index (κ1) is 20.7. The van der Waals surface area contributed by atoms with Gasteiger partial charge in [-0.05, 0) is 36.2 Å². The first-order valence-electron chi connectivity index (χ1n) is 7.44. The first-order chi connectivity index (χ1) is 12.3. The number of carbonyl (C=O) groups is 2. The van der Waals surface area contributed by atoms with Gasteiger partial charge in [-0.25, -0.2) is 14.0 Å². The number of hydrogen-bond donors (Lipinski definition) is 3.